The topological polar surface area (TPSA) is 32.8 Å². The van der Waals surface area contributed by atoms with Crippen LogP contribution in [0.2, 0.25) is 0 Å². The lowest BCUT2D eigenvalue weighted by atomic mass is 10.2. The van der Waals surface area contributed by atoms with Crippen LogP contribution < -0.4 is 0 Å². The van der Waals surface area contributed by atoms with Gasteiger partial charge >= 0.3 is 5.97 Å². The van der Waals surface area contributed by atoms with Gasteiger partial charge < -0.3 is 9.64 Å². The molecule has 1 atom stereocenters. The van der Waals surface area contributed by atoms with E-state index in [-0.39, 0.29) is 5.97 Å². The van der Waals surface area contributed by atoms with Crippen molar-refractivity contribution in [2.45, 2.75) is 19.4 Å². The fourth-order valence-electron chi connectivity index (χ4n) is 1.81. The van der Waals surface area contributed by atoms with Crippen molar-refractivity contribution in [2.24, 2.45) is 0 Å². The summed E-state index contributed by atoms with van der Waals surface area (Å²) in [6, 6.07) is 0.504. The van der Waals surface area contributed by atoms with Gasteiger partial charge in [0.25, 0.3) is 0 Å². The van der Waals surface area contributed by atoms with Crippen molar-refractivity contribution < 1.29 is 9.53 Å². The standard InChI is InChI=1S/C10H20N2O2/c1-4-14-10(13)8-12(3)9-5-6-11(2)7-9/h9H,4-8H2,1-3H3. The fraction of sp³-hybridized carbons (Fsp3) is 0.900. The van der Waals surface area contributed by atoms with Gasteiger partial charge in [0.15, 0.2) is 0 Å². The van der Waals surface area contributed by atoms with Crippen LogP contribution in [0.25, 0.3) is 0 Å². The van der Waals surface area contributed by atoms with Crippen LogP contribution in [-0.2, 0) is 9.53 Å². The molecule has 0 N–H and O–H groups in total. The number of carbonyl (C=O) groups excluding carboxylic acids is 1. The minimum atomic E-state index is -0.121. The Bertz CT molecular complexity index is 197. The molecule has 1 fully saturated rings. The van der Waals surface area contributed by atoms with Crippen LogP contribution in [0.4, 0.5) is 0 Å². The van der Waals surface area contributed by atoms with Crippen molar-refractivity contribution >= 4 is 5.97 Å². The van der Waals surface area contributed by atoms with Crippen LogP contribution in [0.5, 0.6) is 0 Å². The summed E-state index contributed by atoms with van der Waals surface area (Å²) in [6.07, 6.45) is 1.15. The third kappa shape index (κ3) is 3.27. The predicted octanol–water partition coefficient (Wildman–Crippen LogP) is 0.185. The van der Waals surface area contributed by atoms with E-state index in [0.717, 1.165) is 19.5 Å². The van der Waals surface area contributed by atoms with Crippen molar-refractivity contribution in [3.63, 3.8) is 0 Å². The molecule has 0 aromatic carbocycles. The number of carbonyl (C=O) groups is 1. The minimum Gasteiger partial charge on any atom is -0.465 e. The third-order valence-corrected chi connectivity index (χ3v) is 2.67. The van der Waals surface area contributed by atoms with Crippen LogP contribution in [0, 0.1) is 0 Å². The summed E-state index contributed by atoms with van der Waals surface area (Å²) in [6.45, 7) is 4.89. The molecule has 4 nitrogen and oxygen atoms in total. The molecule has 4 heteroatoms. The molecule has 1 aliphatic heterocycles. The van der Waals surface area contributed by atoms with Gasteiger partial charge in [-0.25, -0.2) is 0 Å². The Kier molecular flexibility index (Phi) is 4.35. The second-order valence-electron chi connectivity index (χ2n) is 3.92. The Morgan fingerprint density at radius 1 is 1.64 bits per heavy atom. The first-order valence-corrected chi connectivity index (χ1v) is 5.18. The SMILES string of the molecule is CCOC(=O)CN(C)C1CCN(C)C1. The lowest BCUT2D eigenvalue weighted by molar-refractivity contribution is -0.144. The van der Waals surface area contributed by atoms with Crippen molar-refractivity contribution in [3.05, 3.63) is 0 Å². The number of likely N-dealkylation sites (tertiary alicyclic amines) is 1. The predicted molar refractivity (Wildman–Crippen MR) is 55.2 cm³/mol. The third-order valence-electron chi connectivity index (χ3n) is 2.67. The Labute approximate surface area is 85.8 Å². The van der Waals surface area contributed by atoms with Gasteiger partial charge in [0, 0.05) is 12.6 Å². The van der Waals surface area contributed by atoms with Gasteiger partial charge in [-0.05, 0) is 34.0 Å². The molecular formula is C10H20N2O2. The van der Waals surface area contributed by atoms with Crippen LogP contribution >= 0.6 is 0 Å². The Hall–Kier alpha value is -0.610. The molecule has 1 rings (SSSR count). The maximum Gasteiger partial charge on any atom is 0.320 e. The molecule has 14 heavy (non-hydrogen) atoms. The molecule has 0 radical (unpaired) electrons. The first kappa shape index (κ1) is 11.5. The minimum absolute atomic E-state index is 0.121. The number of likely N-dealkylation sites (N-methyl/N-ethyl adjacent to an activating group) is 2. The van der Waals surface area contributed by atoms with Crippen LogP contribution in [0.1, 0.15) is 13.3 Å². The van der Waals surface area contributed by atoms with Gasteiger partial charge in [0.05, 0.1) is 13.2 Å². The molecule has 1 aliphatic rings. The summed E-state index contributed by atoms with van der Waals surface area (Å²) >= 11 is 0. The highest BCUT2D eigenvalue weighted by Gasteiger charge is 2.24. The molecule has 0 bridgehead atoms. The highest BCUT2D eigenvalue weighted by Crippen LogP contribution is 2.11. The number of esters is 1. The second kappa shape index (κ2) is 5.32. The van der Waals surface area contributed by atoms with E-state index >= 15 is 0 Å². The largest absolute Gasteiger partial charge is 0.465 e. The van der Waals surface area contributed by atoms with E-state index in [1.807, 2.05) is 14.0 Å². The Morgan fingerprint density at radius 3 is 2.86 bits per heavy atom. The molecule has 0 amide bonds. The van der Waals surface area contributed by atoms with E-state index in [1.54, 1.807) is 0 Å². The first-order chi connectivity index (χ1) is 6.63. The summed E-state index contributed by atoms with van der Waals surface area (Å²) in [5.74, 6) is -0.121. The van der Waals surface area contributed by atoms with Crippen LogP contribution in [0.3, 0.4) is 0 Å². The number of nitrogens with zero attached hydrogens (tertiary/aromatic N) is 2. The van der Waals surface area contributed by atoms with E-state index < -0.39 is 0 Å². The molecule has 1 unspecified atom stereocenters. The maximum atomic E-state index is 11.2. The fourth-order valence-corrected chi connectivity index (χ4v) is 1.81. The van der Waals surface area contributed by atoms with Gasteiger partial charge in [-0.15, -0.1) is 0 Å². The zero-order chi connectivity index (χ0) is 10.6. The molecule has 0 aromatic heterocycles. The average molecular weight is 200 g/mol. The second-order valence-corrected chi connectivity index (χ2v) is 3.92. The van der Waals surface area contributed by atoms with Crippen molar-refractivity contribution in [3.8, 4) is 0 Å². The number of ether oxygens (including phenoxy) is 1. The normalized spacial score (nSPS) is 23.0. The maximum absolute atomic E-state index is 11.2. The van der Waals surface area contributed by atoms with Gasteiger partial charge in [-0.3, -0.25) is 9.69 Å². The quantitative estimate of drug-likeness (QED) is 0.606. The Morgan fingerprint density at radius 2 is 2.36 bits per heavy atom. The first-order valence-electron chi connectivity index (χ1n) is 5.18. The molecule has 0 saturated carbocycles. The monoisotopic (exact) mass is 200 g/mol. The summed E-state index contributed by atoms with van der Waals surface area (Å²) in [4.78, 5) is 15.6. The Balaban J connectivity index is 2.27. The summed E-state index contributed by atoms with van der Waals surface area (Å²) in [5.41, 5.74) is 0. The molecule has 82 valence electrons. The van der Waals surface area contributed by atoms with E-state index in [0.29, 0.717) is 19.2 Å². The zero-order valence-electron chi connectivity index (χ0n) is 9.32. The molecule has 0 aliphatic carbocycles. The van der Waals surface area contributed by atoms with E-state index in [1.165, 1.54) is 0 Å². The highest BCUT2D eigenvalue weighted by atomic mass is 16.5. The summed E-state index contributed by atoms with van der Waals surface area (Å²) in [7, 11) is 4.10. The summed E-state index contributed by atoms with van der Waals surface area (Å²) in [5, 5.41) is 0. The molecule has 0 spiro atoms. The van der Waals surface area contributed by atoms with Crippen LogP contribution in [0.15, 0.2) is 0 Å². The van der Waals surface area contributed by atoms with Gasteiger partial charge in [-0.1, -0.05) is 0 Å². The average Bonchev–Trinajstić information content (AvgIpc) is 2.52. The molecule has 1 heterocycles. The van der Waals surface area contributed by atoms with E-state index in [9.17, 15) is 4.79 Å². The van der Waals surface area contributed by atoms with Gasteiger partial charge in [0.2, 0.25) is 0 Å². The van der Waals surface area contributed by atoms with Crippen molar-refractivity contribution in [1.82, 2.24) is 9.80 Å². The number of hydrogen-bond acceptors (Lipinski definition) is 4. The lowest BCUT2D eigenvalue weighted by Crippen LogP contribution is -2.38. The number of rotatable bonds is 4. The van der Waals surface area contributed by atoms with Crippen molar-refractivity contribution in [1.29, 1.82) is 0 Å². The van der Waals surface area contributed by atoms with Gasteiger partial charge in [0.1, 0.15) is 0 Å². The summed E-state index contributed by atoms with van der Waals surface area (Å²) < 4.78 is 4.90. The van der Waals surface area contributed by atoms with E-state index in [2.05, 4.69) is 16.8 Å². The smallest absolute Gasteiger partial charge is 0.320 e. The molecule has 0 aromatic rings. The van der Waals surface area contributed by atoms with Crippen molar-refractivity contribution in [2.75, 3.05) is 40.3 Å². The highest BCUT2D eigenvalue weighted by molar-refractivity contribution is 5.71. The zero-order valence-corrected chi connectivity index (χ0v) is 9.32. The molecular weight excluding hydrogens is 180 g/mol. The lowest BCUT2D eigenvalue weighted by Gasteiger charge is -2.22. The van der Waals surface area contributed by atoms with E-state index in [4.69, 9.17) is 4.74 Å². The van der Waals surface area contributed by atoms with Gasteiger partial charge in [-0.2, -0.15) is 0 Å². The molecule has 1 saturated heterocycles. The number of hydrogen-bond donors (Lipinski definition) is 0. The van der Waals surface area contributed by atoms with Crippen LogP contribution in [-0.4, -0.2) is 62.1 Å².